The Morgan fingerprint density at radius 2 is 1.59 bits per heavy atom. The molecule has 0 unspecified atom stereocenters. The fourth-order valence-corrected chi connectivity index (χ4v) is 8.77. The zero-order valence-electron chi connectivity index (χ0n) is 9.45. The molecule has 0 aromatic heterocycles. The number of rotatable bonds is 0. The number of hydrogen-bond acceptors (Lipinski definition) is 3. The molecular weight excluding hydrogens is 216 g/mol. The third kappa shape index (κ3) is 0.405. The van der Waals surface area contributed by atoms with Gasteiger partial charge in [0, 0.05) is 5.92 Å². The fraction of sp³-hybridized carbons (Fsp3) is 1.00. The summed E-state index contributed by atoms with van der Waals surface area (Å²) in [5, 5.41) is 33.7. The lowest BCUT2D eigenvalue weighted by atomic mass is 9.59. The van der Waals surface area contributed by atoms with Crippen LogP contribution in [0.3, 0.4) is 0 Å². The van der Waals surface area contributed by atoms with Crippen LogP contribution >= 0.6 is 0 Å². The topological polar surface area (TPSA) is 60.7 Å². The zero-order chi connectivity index (χ0) is 11.1. The summed E-state index contributed by atoms with van der Waals surface area (Å²) in [4.78, 5) is 0. The Kier molecular flexibility index (Phi) is 0.765. The van der Waals surface area contributed by atoms with Gasteiger partial charge < -0.3 is 15.3 Å². The van der Waals surface area contributed by atoms with Gasteiger partial charge in [0.2, 0.25) is 0 Å². The maximum Gasteiger partial charge on any atom is 0.103 e. The molecule has 0 spiro atoms. The normalized spacial score (nSPS) is 94.4. The second-order valence-electron chi connectivity index (χ2n) is 8.18. The molecule has 0 aliphatic heterocycles. The van der Waals surface area contributed by atoms with E-state index >= 15 is 0 Å². The lowest BCUT2D eigenvalue weighted by molar-refractivity contribution is -0.246. The van der Waals surface area contributed by atoms with Gasteiger partial charge in [0.15, 0.2) is 0 Å². The molecule has 0 heterocycles. The highest BCUT2D eigenvalue weighted by Crippen LogP contribution is 2.95. The maximum atomic E-state index is 11.2. The third-order valence-corrected chi connectivity index (χ3v) is 8.66. The van der Waals surface area contributed by atoms with Crippen molar-refractivity contribution in [3.05, 3.63) is 0 Å². The Labute approximate surface area is 98.8 Å². The monoisotopic (exact) mass is 232 g/mol. The van der Waals surface area contributed by atoms with Gasteiger partial charge >= 0.3 is 0 Å². The Morgan fingerprint density at radius 3 is 2.29 bits per heavy atom. The van der Waals surface area contributed by atoms with E-state index < -0.39 is 16.8 Å². The molecule has 3 nitrogen and oxygen atoms in total. The fourth-order valence-electron chi connectivity index (χ4n) is 8.77. The van der Waals surface area contributed by atoms with E-state index in [-0.39, 0.29) is 17.8 Å². The molecule has 0 aromatic rings. The summed E-state index contributed by atoms with van der Waals surface area (Å²) in [5.41, 5.74) is -2.27. The van der Waals surface area contributed by atoms with Gasteiger partial charge in [-0.3, -0.25) is 0 Å². The summed E-state index contributed by atoms with van der Waals surface area (Å²) in [7, 11) is 0. The van der Waals surface area contributed by atoms with Gasteiger partial charge in [0.05, 0.1) is 5.60 Å². The standard InChI is InChI=1S/C14H16O3/c15-12-6-2-4-9(12)10(4)14(6,17)13(16)5-1-3-7(8(3)13)11(5)12/h3-11,15-17H,1-2H2/t3-,4-,5+,6+,7-,8+,9-,10+,11+,12+,13+,14-/m0/s1. The Morgan fingerprint density at radius 1 is 0.765 bits per heavy atom. The molecule has 0 amide bonds. The predicted molar refractivity (Wildman–Crippen MR) is 55.5 cm³/mol. The van der Waals surface area contributed by atoms with Gasteiger partial charge in [-0.1, -0.05) is 0 Å². The SMILES string of the molecule is O[C@@]12[C@H]3[C@@H]4C[C@H]1[C@](O)([C@H]43)[C@]1(O)[C@@H]3[C@H]4C[C@@H]1[C@@H]2[C@@H]43. The van der Waals surface area contributed by atoms with Crippen LogP contribution in [0.1, 0.15) is 12.8 Å². The molecule has 3 N–H and O–H groups in total. The summed E-state index contributed by atoms with van der Waals surface area (Å²) in [5.74, 6) is 3.26. The van der Waals surface area contributed by atoms with E-state index in [0.717, 1.165) is 12.8 Å². The smallest absolute Gasteiger partial charge is 0.103 e. The molecule has 17 heavy (non-hydrogen) atoms. The molecular formula is C14H16O3. The minimum absolute atomic E-state index is 0.00722. The van der Waals surface area contributed by atoms with E-state index in [9.17, 15) is 15.3 Å². The molecule has 9 aliphatic carbocycles. The quantitative estimate of drug-likeness (QED) is 0.532. The van der Waals surface area contributed by atoms with E-state index in [4.69, 9.17) is 0 Å². The summed E-state index contributed by atoms with van der Waals surface area (Å²) in [6.07, 6.45) is 2.07. The van der Waals surface area contributed by atoms with E-state index in [1.165, 1.54) is 0 Å². The van der Waals surface area contributed by atoms with Gasteiger partial charge in [0.25, 0.3) is 0 Å². The average molecular weight is 232 g/mol. The minimum Gasteiger partial charge on any atom is -0.389 e. The van der Waals surface area contributed by atoms with E-state index in [2.05, 4.69) is 0 Å². The van der Waals surface area contributed by atoms with Gasteiger partial charge in [-0.05, 0) is 60.2 Å². The second kappa shape index (κ2) is 1.60. The van der Waals surface area contributed by atoms with Crippen LogP contribution in [0.5, 0.6) is 0 Å². The van der Waals surface area contributed by atoms with Crippen LogP contribution in [0.4, 0.5) is 0 Å². The van der Waals surface area contributed by atoms with E-state index in [1.54, 1.807) is 0 Å². The predicted octanol–water partition coefficient (Wildman–Crippen LogP) is -0.399. The van der Waals surface area contributed by atoms with Crippen LogP contribution in [0, 0.1) is 53.3 Å². The van der Waals surface area contributed by atoms with Crippen molar-refractivity contribution in [3.63, 3.8) is 0 Å². The van der Waals surface area contributed by atoms with Crippen molar-refractivity contribution >= 4 is 0 Å². The summed E-state index contributed by atoms with van der Waals surface area (Å²) < 4.78 is 0. The van der Waals surface area contributed by atoms with Crippen LogP contribution in [0.15, 0.2) is 0 Å². The molecule has 9 saturated carbocycles. The maximum absolute atomic E-state index is 11.2. The summed E-state index contributed by atoms with van der Waals surface area (Å²) >= 11 is 0. The van der Waals surface area contributed by atoms with Gasteiger partial charge in [-0.25, -0.2) is 0 Å². The highest BCUT2D eigenvalue weighted by molar-refractivity contribution is 5.50. The molecule has 3 heteroatoms. The van der Waals surface area contributed by atoms with Crippen molar-refractivity contribution in [1.82, 2.24) is 0 Å². The highest BCUT2D eigenvalue weighted by Gasteiger charge is 3.02. The second-order valence-corrected chi connectivity index (χ2v) is 8.18. The van der Waals surface area contributed by atoms with Crippen molar-refractivity contribution < 1.29 is 15.3 Å². The van der Waals surface area contributed by atoms with Crippen LogP contribution in [0.2, 0.25) is 0 Å². The van der Waals surface area contributed by atoms with Crippen LogP contribution < -0.4 is 0 Å². The highest BCUT2D eigenvalue weighted by atomic mass is 16.4. The van der Waals surface area contributed by atoms with Gasteiger partial charge in [-0.15, -0.1) is 0 Å². The average Bonchev–Trinajstić information content (AvgIpc) is 2.87. The van der Waals surface area contributed by atoms with Gasteiger partial charge in [-0.2, -0.15) is 0 Å². The summed E-state index contributed by atoms with van der Waals surface area (Å²) in [6.45, 7) is 0. The molecule has 9 rings (SSSR count). The lowest BCUT2D eigenvalue weighted by Gasteiger charge is -2.53. The lowest BCUT2D eigenvalue weighted by Crippen LogP contribution is -2.67. The molecule has 9 fully saturated rings. The van der Waals surface area contributed by atoms with Gasteiger partial charge in [0.1, 0.15) is 11.2 Å². The molecule has 12 atom stereocenters. The first-order chi connectivity index (χ1) is 8.07. The van der Waals surface area contributed by atoms with Crippen LogP contribution in [-0.2, 0) is 0 Å². The zero-order valence-corrected chi connectivity index (χ0v) is 9.45. The first-order valence-corrected chi connectivity index (χ1v) is 7.24. The van der Waals surface area contributed by atoms with Crippen molar-refractivity contribution in [2.24, 2.45) is 53.3 Å². The molecule has 9 aliphatic rings. The number of hydrogen-bond donors (Lipinski definition) is 3. The Balaban J connectivity index is 1.66. The minimum atomic E-state index is -0.900. The molecule has 0 saturated heterocycles. The third-order valence-electron chi connectivity index (χ3n) is 8.66. The van der Waals surface area contributed by atoms with E-state index in [1.807, 2.05) is 0 Å². The Hall–Kier alpha value is -0.120. The van der Waals surface area contributed by atoms with Crippen LogP contribution in [0.25, 0.3) is 0 Å². The first kappa shape index (κ1) is 8.13. The molecule has 0 radical (unpaired) electrons. The molecule has 12 bridgehead atoms. The van der Waals surface area contributed by atoms with Crippen molar-refractivity contribution in [1.29, 1.82) is 0 Å². The van der Waals surface area contributed by atoms with Crippen molar-refractivity contribution in [3.8, 4) is 0 Å². The Bertz CT molecular complexity index is 534. The molecule has 90 valence electrons. The van der Waals surface area contributed by atoms with Crippen molar-refractivity contribution in [2.45, 2.75) is 29.6 Å². The largest absolute Gasteiger partial charge is 0.389 e. The molecule has 0 aromatic carbocycles. The van der Waals surface area contributed by atoms with E-state index in [0.29, 0.717) is 35.5 Å². The van der Waals surface area contributed by atoms with Crippen LogP contribution in [-0.4, -0.2) is 32.1 Å². The summed E-state index contributed by atoms with van der Waals surface area (Å²) in [6, 6.07) is 0. The number of aliphatic hydroxyl groups is 3. The van der Waals surface area contributed by atoms with Crippen molar-refractivity contribution in [2.75, 3.05) is 0 Å². The first-order valence-electron chi connectivity index (χ1n) is 7.24.